The number of carbonyl (C=O) groups excluding carboxylic acids is 1. The van der Waals surface area contributed by atoms with Gasteiger partial charge in [0.2, 0.25) is 0 Å². The molecule has 0 aliphatic heterocycles. The van der Waals surface area contributed by atoms with Crippen molar-refractivity contribution in [2.24, 2.45) is 13.0 Å². The first-order chi connectivity index (χ1) is 11.5. The topological polar surface area (TPSA) is 75.6 Å². The second-order valence-electron chi connectivity index (χ2n) is 6.27. The third-order valence-electron chi connectivity index (χ3n) is 4.44. The molecule has 0 fully saturated rings. The number of H-pyrrole nitrogens is 1. The van der Waals surface area contributed by atoms with E-state index in [1.165, 1.54) is 0 Å². The van der Waals surface area contributed by atoms with Crippen LogP contribution in [0.2, 0.25) is 0 Å². The molecular formula is C18H23N5O. The Morgan fingerprint density at radius 2 is 2.12 bits per heavy atom. The molecule has 2 atom stereocenters. The number of amides is 1. The third kappa shape index (κ3) is 3.04. The van der Waals surface area contributed by atoms with E-state index >= 15 is 0 Å². The molecule has 1 aromatic carbocycles. The normalized spacial score (nSPS) is 13.8. The van der Waals surface area contributed by atoms with Crippen LogP contribution in [0.5, 0.6) is 0 Å². The summed E-state index contributed by atoms with van der Waals surface area (Å²) >= 11 is 0. The van der Waals surface area contributed by atoms with Crippen molar-refractivity contribution in [3.05, 3.63) is 47.5 Å². The van der Waals surface area contributed by atoms with E-state index in [0.717, 1.165) is 29.0 Å². The maximum absolute atomic E-state index is 12.7. The lowest BCUT2D eigenvalue weighted by Gasteiger charge is -2.22. The summed E-state index contributed by atoms with van der Waals surface area (Å²) in [4.78, 5) is 20.7. The minimum absolute atomic E-state index is 0.135. The number of aromatic nitrogens is 4. The van der Waals surface area contributed by atoms with Crippen molar-refractivity contribution in [2.75, 3.05) is 0 Å². The number of imidazole rings is 1. The van der Waals surface area contributed by atoms with Crippen LogP contribution in [-0.4, -0.2) is 25.7 Å². The fourth-order valence-electron chi connectivity index (χ4n) is 2.87. The molecular weight excluding hydrogens is 302 g/mol. The number of aromatic amines is 1. The quantitative estimate of drug-likeness (QED) is 0.757. The number of carbonyl (C=O) groups is 1. The van der Waals surface area contributed by atoms with E-state index in [4.69, 9.17) is 0 Å². The van der Waals surface area contributed by atoms with Crippen LogP contribution in [-0.2, 0) is 7.05 Å². The molecule has 6 heteroatoms. The number of nitrogens with one attached hydrogen (secondary N) is 2. The Balaban J connectivity index is 1.92. The minimum Gasteiger partial charge on any atom is -0.340 e. The maximum Gasteiger partial charge on any atom is 0.270 e. The predicted molar refractivity (Wildman–Crippen MR) is 93.7 cm³/mol. The standard InChI is InChI=1S/C18H23N5O/c1-5-11(2)16(17-19-13-8-6-7-9-14(13)20-17)21-18(24)15-10-12(3)22-23(15)4/h6-11,16H,5H2,1-4H3,(H,19,20)(H,21,24)/t11-,16+/m1/s1. The Kier molecular flexibility index (Phi) is 4.38. The number of rotatable bonds is 5. The van der Waals surface area contributed by atoms with E-state index in [9.17, 15) is 4.79 Å². The average Bonchev–Trinajstić information content (AvgIpc) is 3.14. The van der Waals surface area contributed by atoms with Crippen molar-refractivity contribution >= 4 is 16.9 Å². The van der Waals surface area contributed by atoms with Gasteiger partial charge in [-0.05, 0) is 31.0 Å². The summed E-state index contributed by atoms with van der Waals surface area (Å²) in [6.45, 7) is 6.11. The predicted octanol–water partition coefficient (Wildman–Crippen LogP) is 3.12. The van der Waals surface area contributed by atoms with Gasteiger partial charge in [-0.1, -0.05) is 32.4 Å². The fourth-order valence-corrected chi connectivity index (χ4v) is 2.87. The highest BCUT2D eigenvalue weighted by Crippen LogP contribution is 2.25. The van der Waals surface area contributed by atoms with Crippen LogP contribution >= 0.6 is 0 Å². The molecule has 0 aliphatic carbocycles. The van der Waals surface area contributed by atoms with Crippen LogP contribution in [0.1, 0.15) is 48.3 Å². The number of fused-ring (bicyclic) bond motifs is 1. The average molecular weight is 325 g/mol. The Morgan fingerprint density at radius 3 is 2.75 bits per heavy atom. The molecule has 0 unspecified atom stereocenters. The molecule has 2 N–H and O–H groups in total. The lowest BCUT2D eigenvalue weighted by molar-refractivity contribution is 0.0911. The molecule has 126 valence electrons. The van der Waals surface area contributed by atoms with Gasteiger partial charge in [-0.2, -0.15) is 5.10 Å². The van der Waals surface area contributed by atoms with Crippen LogP contribution in [0.3, 0.4) is 0 Å². The van der Waals surface area contributed by atoms with Crippen molar-refractivity contribution in [3.63, 3.8) is 0 Å². The van der Waals surface area contributed by atoms with Gasteiger partial charge in [-0.25, -0.2) is 4.98 Å². The zero-order chi connectivity index (χ0) is 17.3. The van der Waals surface area contributed by atoms with Crippen LogP contribution in [0.25, 0.3) is 11.0 Å². The van der Waals surface area contributed by atoms with E-state index in [-0.39, 0.29) is 17.9 Å². The Hall–Kier alpha value is -2.63. The zero-order valence-electron chi connectivity index (χ0n) is 14.5. The summed E-state index contributed by atoms with van der Waals surface area (Å²) in [5, 5.41) is 7.37. The van der Waals surface area contributed by atoms with E-state index in [2.05, 4.69) is 34.2 Å². The smallest absolute Gasteiger partial charge is 0.270 e. The molecule has 0 aliphatic rings. The lowest BCUT2D eigenvalue weighted by atomic mass is 9.98. The van der Waals surface area contributed by atoms with Crippen LogP contribution in [0.4, 0.5) is 0 Å². The number of hydrogen-bond acceptors (Lipinski definition) is 3. The molecule has 0 saturated carbocycles. The SMILES string of the molecule is CC[C@@H](C)[C@H](NC(=O)c1cc(C)nn1C)c1nc2ccccc2[nH]1. The van der Waals surface area contributed by atoms with Crippen molar-refractivity contribution in [3.8, 4) is 0 Å². The van der Waals surface area contributed by atoms with Crippen molar-refractivity contribution < 1.29 is 4.79 Å². The largest absolute Gasteiger partial charge is 0.340 e. The Morgan fingerprint density at radius 1 is 1.38 bits per heavy atom. The van der Waals surface area contributed by atoms with Crippen molar-refractivity contribution in [1.29, 1.82) is 0 Å². The number of hydrogen-bond donors (Lipinski definition) is 2. The highest BCUT2D eigenvalue weighted by Gasteiger charge is 2.25. The van der Waals surface area contributed by atoms with Crippen LogP contribution in [0, 0.1) is 12.8 Å². The summed E-state index contributed by atoms with van der Waals surface area (Å²) in [6.07, 6.45) is 0.937. The van der Waals surface area contributed by atoms with Gasteiger partial charge in [0.15, 0.2) is 0 Å². The van der Waals surface area contributed by atoms with Crippen LogP contribution < -0.4 is 5.32 Å². The first-order valence-corrected chi connectivity index (χ1v) is 8.25. The second-order valence-corrected chi connectivity index (χ2v) is 6.27. The van der Waals surface area contributed by atoms with Gasteiger partial charge in [-0.15, -0.1) is 0 Å². The molecule has 0 radical (unpaired) electrons. The molecule has 2 heterocycles. The van der Waals surface area contributed by atoms with Gasteiger partial charge >= 0.3 is 0 Å². The first kappa shape index (κ1) is 16.2. The summed E-state index contributed by atoms with van der Waals surface area (Å²) < 4.78 is 1.61. The number of nitrogens with zero attached hydrogens (tertiary/aromatic N) is 3. The molecule has 0 bridgehead atoms. The maximum atomic E-state index is 12.7. The monoisotopic (exact) mass is 325 g/mol. The van der Waals surface area contributed by atoms with Gasteiger partial charge in [-0.3, -0.25) is 9.48 Å². The van der Waals surface area contributed by atoms with E-state index in [1.807, 2.05) is 31.2 Å². The molecule has 24 heavy (non-hydrogen) atoms. The Bertz CT molecular complexity index is 830. The van der Waals surface area contributed by atoms with E-state index in [0.29, 0.717) is 5.69 Å². The highest BCUT2D eigenvalue weighted by molar-refractivity contribution is 5.93. The van der Waals surface area contributed by atoms with Crippen LogP contribution in [0.15, 0.2) is 30.3 Å². The summed E-state index contributed by atoms with van der Waals surface area (Å²) in [5.74, 6) is 0.908. The molecule has 3 aromatic rings. The number of benzene rings is 1. The molecule has 0 spiro atoms. The fraction of sp³-hybridized carbons (Fsp3) is 0.389. The van der Waals surface area contributed by atoms with Gasteiger partial charge in [0.05, 0.1) is 22.8 Å². The summed E-state index contributed by atoms with van der Waals surface area (Å²) in [7, 11) is 1.78. The molecule has 0 saturated heterocycles. The number of para-hydroxylation sites is 2. The van der Waals surface area contributed by atoms with E-state index < -0.39 is 0 Å². The second kappa shape index (κ2) is 6.47. The molecule has 1 amide bonds. The lowest BCUT2D eigenvalue weighted by Crippen LogP contribution is -2.34. The summed E-state index contributed by atoms with van der Waals surface area (Å²) in [6, 6.07) is 9.51. The van der Waals surface area contributed by atoms with Gasteiger partial charge in [0.25, 0.3) is 5.91 Å². The molecule has 2 aromatic heterocycles. The van der Waals surface area contributed by atoms with Gasteiger partial charge in [0.1, 0.15) is 11.5 Å². The summed E-state index contributed by atoms with van der Waals surface area (Å²) in [5.41, 5.74) is 3.27. The minimum atomic E-state index is -0.176. The van der Waals surface area contributed by atoms with Gasteiger partial charge < -0.3 is 10.3 Å². The Labute approximate surface area is 141 Å². The molecule has 3 rings (SSSR count). The zero-order valence-corrected chi connectivity index (χ0v) is 14.5. The number of aryl methyl sites for hydroxylation is 2. The first-order valence-electron chi connectivity index (χ1n) is 8.25. The van der Waals surface area contributed by atoms with Crippen molar-refractivity contribution in [1.82, 2.24) is 25.1 Å². The van der Waals surface area contributed by atoms with Crippen molar-refractivity contribution in [2.45, 2.75) is 33.2 Å². The highest BCUT2D eigenvalue weighted by atomic mass is 16.2. The van der Waals surface area contributed by atoms with Gasteiger partial charge in [0, 0.05) is 7.05 Å². The third-order valence-corrected chi connectivity index (χ3v) is 4.44. The molecule has 6 nitrogen and oxygen atoms in total. The van der Waals surface area contributed by atoms with E-state index in [1.54, 1.807) is 17.8 Å².